The molecule has 1 aliphatic rings. The van der Waals surface area contributed by atoms with E-state index in [0.717, 1.165) is 28.2 Å². The number of hydrogen-bond donors (Lipinski definition) is 1. The molecular formula is C16H17NO3S2. The van der Waals surface area contributed by atoms with Crippen LogP contribution in [0.5, 0.6) is 0 Å². The summed E-state index contributed by atoms with van der Waals surface area (Å²) in [6.07, 6.45) is 1.87. The van der Waals surface area contributed by atoms with Gasteiger partial charge in [0.25, 0.3) is 0 Å². The number of amides is 1. The van der Waals surface area contributed by atoms with Crippen molar-refractivity contribution in [1.82, 2.24) is 0 Å². The molecular weight excluding hydrogens is 318 g/mol. The molecule has 1 aliphatic carbocycles. The fourth-order valence-corrected chi connectivity index (χ4v) is 4.27. The van der Waals surface area contributed by atoms with Crippen LogP contribution < -0.4 is 5.32 Å². The second-order valence-corrected chi connectivity index (χ2v) is 7.37. The Morgan fingerprint density at radius 3 is 2.77 bits per heavy atom. The van der Waals surface area contributed by atoms with Crippen molar-refractivity contribution in [3.05, 3.63) is 28.0 Å². The first-order chi connectivity index (χ1) is 10.6. The van der Waals surface area contributed by atoms with E-state index in [-0.39, 0.29) is 17.8 Å². The summed E-state index contributed by atoms with van der Waals surface area (Å²) in [5.41, 5.74) is 1.37. The number of anilines is 1. The van der Waals surface area contributed by atoms with Crippen LogP contribution in [-0.2, 0) is 9.53 Å². The Morgan fingerprint density at radius 2 is 2.18 bits per heavy atom. The number of rotatable bonds is 5. The fourth-order valence-electron chi connectivity index (χ4n) is 2.31. The highest BCUT2D eigenvalue weighted by molar-refractivity contribution is 7.18. The average Bonchev–Trinajstić information content (AvgIpc) is 3.10. The van der Waals surface area contributed by atoms with Crippen molar-refractivity contribution in [3.8, 4) is 10.4 Å². The Morgan fingerprint density at radius 1 is 1.41 bits per heavy atom. The molecule has 0 atom stereocenters. The maximum atomic E-state index is 12.4. The third-order valence-corrected chi connectivity index (χ3v) is 5.42. The molecule has 2 aromatic heterocycles. The average molecular weight is 335 g/mol. The molecule has 0 bridgehead atoms. The highest BCUT2D eigenvalue weighted by Gasteiger charge is 2.32. The molecule has 0 spiro atoms. The second kappa shape index (κ2) is 6.22. The third-order valence-electron chi connectivity index (χ3n) is 3.52. The molecule has 0 aromatic carbocycles. The van der Waals surface area contributed by atoms with Crippen molar-refractivity contribution in [2.24, 2.45) is 5.92 Å². The summed E-state index contributed by atoms with van der Waals surface area (Å²) in [6.45, 7) is 4.06. The summed E-state index contributed by atoms with van der Waals surface area (Å²) < 4.78 is 5.20. The van der Waals surface area contributed by atoms with Gasteiger partial charge >= 0.3 is 5.97 Å². The van der Waals surface area contributed by atoms with Gasteiger partial charge in [-0.25, -0.2) is 4.79 Å². The second-order valence-electron chi connectivity index (χ2n) is 5.20. The molecule has 4 nitrogen and oxygen atoms in total. The Hall–Kier alpha value is -1.66. The van der Waals surface area contributed by atoms with Gasteiger partial charge in [-0.15, -0.1) is 22.7 Å². The van der Waals surface area contributed by atoms with Gasteiger partial charge in [-0.1, -0.05) is 6.07 Å². The molecule has 2 heterocycles. The summed E-state index contributed by atoms with van der Waals surface area (Å²) >= 11 is 3.02. The van der Waals surface area contributed by atoms with Gasteiger partial charge < -0.3 is 10.1 Å². The predicted octanol–water partition coefficient (Wildman–Crippen LogP) is 4.31. The van der Waals surface area contributed by atoms with Crippen LogP contribution in [0.4, 0.5) is 5.00 Å². The Labute approximate surface area is 137 Å². The highest BCUT2D eigenvalue weighted by Crippen LogP contribution is 2.43. The fraction of sp³-hybridized carbons (Fsp3) is 0.375. The highest BCUT2D eigenvalue weighted by atomic mass is 32.1. The van der Waals surface area contributed by atoms with Gasteiger partial charge in [0.05, 0.1) is 6.61 Å². The Bertz CT molecular complexity index is 699. The minimum Gasteiger partial charge on any atom is -0.462 e. The topological polar surface area (TPSA) is 55.4 Å². The Balaban J connectivity index is 2.03. The van der Waals surface area contributed by atoms with Gasteiger partial charge in [0.15, 0.2) is 0 Å². The van der Waals surface area contributed by atoms with E-state index in [2.05, 4.69) is 5.32 Å². The molecule has 1 N–H and O–H groups in total. The van der Waals surface area contributed by atoms with Crippen LogP contribution in [0.1, 0.15) is 35.0 Å². The largest absolute Gasteiger partial charge is 0.462 e. The summed E-state index contributed by atoms with van der Waals surface area (Å²) in [4.78, 5) is 26.5. The van der Waals surface area contributed by atoms with Crippen LogP contribution in [0.2, 0.25) is 0 Å². The van der Waals surface area contributed by atoms with Crippen molar-refractivity contribution >= 4 is 39.6 Å². The number of ether oxygens (including phenoxy) is 1. The molecule has 1 saturated carbocycles. The third kappa shape index (κ3) is 2.94. The molecule has 0 aliphatic heterocycles. The zero-order valence-electron chi connectivity index (χ0n) is 12.5. The predicted molar refractivity (Wildman–Crippen MR) is 89.7 cm³/mol. The van der Waals surface area contributed by atoms with Crippen LogP contribution in [0, 0.1) is 12.8 Å². The molecule has 3 rings (SSSR count). The molecule has 1 fully saturated rings. The van der Waals surface area contributed by atoms with Gasteiger partial charge in [-0.3, -0.25) is 4.79 Å². The van der Waals surface area contributed by atoms with E-state index in [4.69, 9.17) is 4.74 Å². The molecule has 6 heteroatoms. The van der Waals surface area contributed by atoms with Gasteiger partial charge in [-0.05, 0) is 38.1 Å². The minimum absolute atomic E-state index is 0.00419. The van der Waals surface area contributed by atoms with Gasteiger partial charge in [0, 0.05) is 21.2 Å². The smallest absolute Gasteiger partial charge is 0.341 e. The van der Waals surface area contributed by atoms with Crippen LogP contribution >= 0.6 is 22.7 Å². The zero-order chi connectivity index (χ0) is 15.7. The summed E-state index contributed by atoms with van der Waals surface area (Å²) in [7, 11) is 0. The van der Waals surface area contributed by atoms with E-state index < -0.39 is 0 Å². The lowest BCUT2D eigenvalue weighted by molar-refractivity contribution is -0.117. The van der Waals surface area contributed by atoms with Gasteiger partial charge in [-0.2, -0.15) is 0 Å². The number of aryl methyl sites for hydroxylation is 1. The number of carbonyl (C=O) groups is 2. The number of esters is 1. The van der Waals surface area contributed by atoms with Crippen molar-refractivity contribution in [3.63, 3.8) is 0 Å². The van der Waals surface area contributed by atoms with E-state index in [9.17, 15) is 9.59 Å². The van der Waals surface area contributed by atoms with E-state index in [1.165, 1.54) is 11.3 Å². The summed E-state index contributed by atoms with van der Waals surface area (Å²) in [5, 5.41) is 5.50. The van der Waals surface area contributed by atoms with E-state index >= 15 is 0 Å². The molecule has 22 heavy (non-hydrogen) atoms. The van der Waals surface area contributed by atoms with Crippen molar-refractivity contribution < 1.29 is 14.3 Å². The van der Waals surface area contributed by atoms with Crippen molar-refractivity contribution in [1.29, 1.82) is 0 Å². The molecule has 0 saturated heterocycles. The first-order valence-electron chi connectivity index (χ1n) is 7.27. The molecule has 0 unspecified atom stereocenters. The summed E-state index contributed by atoms with van der Waals surface area (Å²) in [5.74, 6) is -0.270. The maximum absolute atomic E-state index is 12.4. The lowest BCUT2D eigenvalue weighted by Crippen LogP contribution is -2.15. The van der Waals surface area contributed by atoms with Gasteiger partial charge in [0.2, 0.25) is 5.91 Å². The Kier molecular flexibility index (Phi) is 4.31. The van der Waals surface area contributed by atoms with E-state index in [0.29, 0.717) is 17.2 Å². The number of carbonyl (C=O) groups excluding carboxylic acids is 2. The maximum Gasteiger partial charge on any atom is 0.341 e. The summed E-state index contributed by atoms with van der Waals surface area (Å²) in [6, 6.07) is 3.93. The quantitative estimate of drug-likeness (QED) is 0.828. The minimum atomic E-state index is -0.374. The lowest BCUT2D eigenvalue weighted by Gasteiger charge is -2.07. The normalized spacial score (nSPS) is 13.9. The first kappa shape index (κ1) is 15.2. The standard InChI is InChI=1S/C16H17NO3S2/c1-3-20-16(19)13-12(11-5-4-8-21-11)9(2)22-15(13)17-14(18)10-6-7-10/h4-5,8,10H,3,6-7H2,1-2H3,(H,17,18). The van der Waals surface area contributed by atoms with Gasteiger partial charge in [0.1, 0.15) is 10.6 Å². The van der Waals surface area contributed by atoms with E-state index in [1.807, 2.05) is 24.4 Å². The molecule has 1 amide bonds. The lowest BCUT2D eigenvalue weighted by atomic mass is 10.1. The monoisotopic (exact) mass is 335 g/mol. The number of nitrogens with one attached hydrogen (secondary N) is 1. The SMILES string of the molecule is CCOC(=O)c1c(NC(=O)C2CC2)sc(C)c1-c1cccs1. The molecule has 2 aromatic rings. The number of thiophene rings is 2. The number of hydrogen-bond acceptors (Lipinski definition) is 5. The van der Waals surface area contributed by atoms with Crippen molar-refractivity contribution in [2.45, 2.75) is 26.7 Å². The van der Waals surface area contributed by atoms with Crippen LogP contribution in [0.15, 0.2) is 17.5 Å². The van der Waals surface area contributed by atoms with Crippen LogP contribution in [0.3, 0.4) is 0 Å². The van der Waals surface area contributed by atoms with Crippen LogP contribution in [-0.4, -0.2) is 18.5 Å². The first-order valence-corrected chi connectivity index (χ1v) is 8.96. The zero-order valence-corrected chi connectivity index (χ0v) is 14.1. The molecule has 0 radical (unpaired) electrons. The van der Waals surface area contributed by atoms with Crippen LogP contribution in [0.25, 0.3) is 10.4 Å². The molecule has 116 valence electrons. The van der Waals surface area contributed by atoms with E-state index in [1.54, 1.807) is 18.3 Å². The van der Waals surface area contributed by atoms with Crippen molar-refractivity contribution in [2.75, 3.05) is 11.9 Å².